The second-order valence-corrected chi connectivity index (χ2v) is 21.0. The second-order valence-electron chi connectivity index (χ2n) is 20.2. The van der Waals surface area contributed by atoms with Gasteiger partial charge in [0.1, 0.15) is 0 Å². The van der Waals surface area contributed by atoms with Crippen molar-refractivity contribution in [3.63, 3.8) is 0 Å². The fourth-order valence-corrected chi connectivity index (χ4v) is 8.35. The molecule has 0 spiro atoms. The summed E-state index contributed by atoms with van der Waals surface area (Å²) in [5.74, 6) is 0. The van der Waals surface area contributed by atoms with Gasteiger partial charge in [-0.2, -0.15) is 158 Å². The Morgan fingerprint density at radius 2 is 0.295 bits per heavy atom. The van der Waals surface area contributed by atoms with Gasteiger partial charge in [-0.1, -0.05) is 18.2 Å². The van der Waals surface area contributed by atoms with Crippen LogP contribution in [-0.4, -0.2) is 20.6 Å². The van der Waals surface area contributed by atoms with E-state index in [-0.39, 0.29) is 109 Å². The SMILES string of the molecule is ClCCl.FC(F)(F)c1cc(-c2cc(-c3cc(C(F)(F)F)cc(C(F)(F)F)c3)[n-]n2)cc(C(F)(F)F)c1.FC(F)(F)c1cc(-c2cc(-c3cc(C(F)(F)F)cc(C(F)(F)F)c3)[n-]n2)cc(C(F)(F)F)c1.FC(F)(F)c1cc(-c2cc(-c3cc(C(F)(F)F)cc(C(F)(F)F)c3)[n-]n2)cc(C(F)(F)F)c1.[Ag+].[Ag+].[Ag+]. The molecule has 9 rings (SSSR count). The molecule has 0 aliphatic rings. The molecule has 0 aliphatic heterocycles. The van der Waals surface area contributed by atoms with Crippen molar-refractivity contribution in [2.45, 2.75) is 74.1 Å². The largest absolute Gasteiger partial charge is 1.00 e. The Labute approximate surface area is 616 Å². The van der Waals surface area contributed by atoms with Crippen LogP contribution < -0.4 is 15.3 Å². The first kappa shape index (κ1) is 92.4. The molecule has 0 bridgehead atoms. The normalized spacial score (nSPS) is 12.9. The van der Waals surface area contributed by atoms with E-state index in [4.69, 9.17) is 23.2 Å². The van der Waals surface area contributed by atoms with Gasteiger partial charge in [-0.15, -0.1) is 40.3 Å². The first-order valence-corrected chi connectivity index (χ1v) is 27.0. The van der Waals surface area contributed by atoms with E-state index in [1.165, 1.54) is 0 Å². The van der Waals surface area contributed by atoms with E-state index in [9.17, 15) is 158 Å². The van der Waals surface area contributed by atoms with E-state index in [0.29, 0.717) is 91.0 Å². The topological polar surface area (TPSA) is 81.0 Å². The number of nitrogens with zero attached hydrogens (tertiary/aromatic N) is 6. The molecule has 6 nitrogen and oxygen atoms in total. The smallest absolute Gasteiger partial charge is 0.574 e. The van der Waals surface area contributed by atoms with E-state index < -0.39 is 208 Å². The van der Waals surface area contributed by atoms with Crippen molar-refractivity contribution in [1.82, 2.24) is 30.6 Å². The van der Waals surface area contributed by atoms with Gasteiger partial charge >= 0.3 is 141 Å². The van der Waals surface area contributed by atoms with Crippen LogP contribution in [0.15, 0.2) is 127 Å². The molecule has 3 aromatic heterocycles. The van der Waals surface area contributed by atoms with Gasteiger partial charge in [0.25, 0.3) is 0 Å². The molecule has 0 atom stereocenters. The quantitative estimate of drug-likeness (QED) is 0.0937. The minimum absolute atomic E-state index is 0. The number of benzene rings is 6. The molecule has 9 aromatic rings. The molecule has 105 heavy (non-hydrogen) atoms. The van der Waals surface area contributed by atoms with Crippen molar-refractivity contribution in [1.29, 1.82) is 0 Å². The summed E-state index contributed by atoms with van der Waals surface area (Å²) in [6.45, 7) is 0. The Hall–Kier alpha value is -6.77. The molecule has 0 aliphatic carbocycles. The number of hydrogen-bond donors (Lipinski definition) is 0. The maximum absolute atomic E-state index is 13.0. The van der Waals surface area contributed by atoms with Gasteiger partial charge in [-0.3, -0.25) is 0 Å². The first-order valence-electron chi connectivity index (χ1n) is 25.9. The third-order valence-electron chi connectivity index (χ3n) is 12.9. The summed E-state index contributed by atoms with van der Waals surface area (Å²) in [6.07, 6.45) is -62.1. The third kappa shape index (κ3) is 24.9. The number of rotatable bonds is 6. The van der Waals surface area contributed by atoms with Gasteiger partial charge in [-0.05, 0) is 143 Å². The zero-order valence-electron chi connectivity index (χ0n) is 48.8. The summed E-state index contributed by atoms with van der Waals surface area (Å²) < 4.78 is 469. The fraction of sp³-hybridized carbons (Fsp3) is 0.224. The fourth-order valence-electron chi connectivity index (χ4n) is 8.35. The summed E-state index contributed by atoms with van der Waals surface area (Å²) >= 11 is 9.53. The van der Waals surface area contributed by atoms with Crippen molar-refractivity contribution in [2.75, 3.05) is 5.34 Å². The molecule has 3 heterocycles. The van der Waals surface area contributed by atoms with E-state index >= 15 is 0 Å². The molecule has 0 fully saturated rings. The van der Waals surface area contributed by atoms with Crippen LogP contribution in [0.3, 0.4) is 0 Å². The molecule has 6 aromatic carbocycles. The Morgan fingerprint density at radius 3 is 0.400 bits per heavy atom. The summed E-state index contributed by atoms with van der Waals surface area (Å²) in [5, 5.41) is 20.3. The predicted octanol–water partition coefficient (Wildman–Crippen LogP) is 23.8. The van der Waals surface area contributed by atoms with Gasteiger partial charge < -0.3 is 30.6 Å². The third-order valence-corrected chi connectivity index (χ3v) is 12.9. The Bertz CT molecular complexity index is 3520. The second kappa shape index (κ2) is 33.0. The summed E-state index contributed by atoms with van der Waals surface area (Å²) in [5.41, 5.74) is -28.3. The molecule has 0 saturated carbocycles. The van der Waals surface area contributed by atoms with Crippen LogP contribution in [0, 0.1) is 0 Å². The minimum Gasteiger partial charge on any atom is -0.574 e. The average molecular weight is 1880 g/mol. The molecule has 0 amide bonds. The maximum atomic E-state index is 13.0. The summed E-state index contributed by atoms with van der Waals surface area (Å²) in [6, 6.07) is 4.78. The molecular weight excluding hydrogens is 1860 g/mol. The maximum Gasteiger partial charge on any atom is 1.00 e. The van der Waals surface area contributed by atoms with Crippen molar-refractivity contribution >= 4 is 23.2 Å². The monoisotopic (exact) mass is 1880 g/mol. The average Bonchev–Trinajstić information content (AvgIpc) is 1.77. The van der Waals surface area contributed by atoms with Crippen molar-refractivity contribution in [2.24, 2.45) is 0 Å². The molecule has 584 valence electrons. The van der Waals surface area contributed by atoms with Crippen LogP contribution in [0.2, 0.25) is 0 Å². The summed E-state index contributed by atoms with van der Waals surface area (Å²) in [4.78, 5) is 0. The zero-order chi connectivity index (χ0) is 77.7. The Balaban J connectivity index is 0.000000395. The van der Waals surface area contributed by atoms with Crippen molar-refractivity contribution in [3.8, 4) is 67.5 Å². The van der Waals surface area contributed by atoms with Gasteiger partial charge in [0.2, 0.25) is 0 Å². The molecular formula is C58H23Ag3Cl2F36N6. The van der Waals surface area contributed by atoms with Crippen LogP contribution in [-0.2, 0) is 141 Å². The van der Waals surface area contributed by atoms with Crippen LogP contribution in [0.25, 0.3) is 67.5 Å². The van der Waals surface area contributed by atoms with Crippen molar-refractivity contribution < 1.29 is 225 Å². The predicted molar refractivity (Wildman–Crippen MR) is 282 cm³/mol. The van der Waals surface area contributed by atoms with Gasteiger partial charge in [0.15, 0.2) is 0 Å². The molecule has 0 N–H and O–H groups in total. The molecule has 0 unspecified atom stereocenters. The molecule has 0 saturated heterocycles. The Kier molecular flexibility index (Phi) is 29.0. The van der Waals surface area contributed by atoms with Crippen LogP contribution >= 0.6 is 23.2 Å². The number of alkyl halides is 38. The van der Waals surface area contributed by atoms with Gasteiger partial charge in [0, 0.05) is 17.1 Å². The van der Waals surface area contributed by atoms with Gasteiger partial charge in [-0.25, -0.2) is 0 Å². The van der Waals surface area contributed by atoms with Crippen LogP contribution in [0.5, 0.6) is 0 Å². The van der Waals surface area contributed by atoms with E-state index in [2.05, 4.69) is 30.6 Å². The van der Waals surface area contributed by atoms with E-state index in [0.717, 1.165) is 0 Å². The first-order chi connectivity index (χ1) is 46.0. The summed E-state index contributed by atoms with van der Waals surface area (Å²) in [7, 11) is 0. The van der Waals surface area contributed by atoms with E-state index in [1.54, 1.807) is 0 Å². The number of halogens is 38. The van der Waals surface area contributed by atoms with Gasteiger partial charge in [0.05, 0.1) is 72.1 Å². The number of aromatic nitrogens is 6. The van der Waals surface area contributed by atoms with E-state index in [1.807, 2.05) is 0 Å². The van der Waals surface area contributed by atoms with Crippen LogP contribution in [0.1, 0.15) is 66.8 Å². The standard InChI is InChI=1S/3C19H7F12N2.CH2Cl2.3Ag/c3*20-16(21,22)10-1-8(2-11(5-10)17(23,24)25)14-7-15(33-32-14)9-3-12(18(26,27)28)6-13(4-9)19(29,30)31;2-1-3;;;/h3*1-7H;1H2;;;/q3*-1;;3*+1. The molecule has 0 radical (unpaired) electrons. The van der Waals surface area contributed by atoms with Crippen LogP contribution in [0.4, 0.5) is 158 Å². The zero-order valence-corrected chi connectivity index (χ0v) is 54.7. The molecule has 47 heteroatoms. The van der Waals surface area contributed by atoms with Crippen molar-refractivity contribution in [3.05, 3.63) is 194 Å². The number of hydrogen-bond acceptors (Lipinski definition) is 3. The minimum atomic E-state index is -5.18. The Morgan fingerprint density at radius 1 is 0.190 bits per heavy atom.